The van der Waals surface area contributed by atoms with Crippen LogP contribution >= 0.6 is 0 Å². The van der Waals surface area contributed by atoms with Gasteiger partial charge in [-0.3, -0.25) is 9.69 Å². The molecule has 5 heteroatoms. The summed E-state index contributed by atoms with van der Waals surface area (Å²) in [6.45, 7) is 2.13. The van der Waals surface area contributed by atoms with Crippen molar-refractivity contribution < 1.29 is 13.9 Å². The number of halogens is 1. The number of nitrogens with one attached hydrogen (secondary N) is 1. The Morgan fingerprint density at radius 2 is 1.66 bits per heavy atom. The van der Waals surface area contributed by atoms with Gasteiger partial charge in [0, 0.05) is 18.8 Å². The molecule has 29 heavy (non-hydrogen) atoms. The number of amides is 1. The van der Waals surface area contributed by atoms with Gasteiger partial charge in [-0.15, -0.1) is 0 Å². The van der Waals surface area contributed by atoms with Crippen LogP contribution in [0.4, 0.5) is 10.1 Å². The quantitative estimate of drug-likeness (QED) is 0.697. The fourth-order valence-corrected chi connectivity index (χ4v) is 3.51. The van der Waals surface area contributed by atoms with E-state index < -0.39 is 0 Å². The van der Waals surface area contributed by atoms with Crippen molar-refractivity contribution in [2.75, 3.05) is 31.6 Å². The molecule has 3 aromatic carbocycles. The fraction of sp³-hybridized carbons (Fsp3) is 0.208. The van der Waals surface area contributed by atoms with Crippen LogP contribution in [0.25, 0.3) is 11.1 Å². The van der Waals surface area contributed by atoms with E-state index >= 15 is 0 Å². The lowest BCUT2D eigenvalue weighted by Crippen LogP contribution is -2.42. The van der Waals surface area contributed by atoms with E-state index in [0.717, 1.165) is 22.4 Å². The zero-order valence-electron chi connectivity index (χ0n) is 16.1. The standard InChI is InChI=1S/C24H23FN2O2/c25-21-10-6-20(7-11-21)23-16-27(14-15-29-23)17-24(28)26-22-12-8-19(9-13-22)18-4-2-1-3-5-18/h1-13,23H,14-17H2,(H,26,28)/t23-/m1/s1. The molecule has 0 spiro atoms. The summed E-state index contributed by atoms with van der Waals surface area (Å²) >= 11 is 0. The molecule has 1 saturated heterocycles. The molecule has 1 aliphatic rings. The number of nitrogens with zero attached hydrogens (tertiary/aromatic N) is 1. The molecule has 1 N–H and O–H groups in total. The molecular formula is C24H23FN2O2. The summed E-state index contributed by atoms with van der Waals surface area (Å²) in [4.78, 5) is 14.5. The number of rotatable bonds is 5. The summed E-state index contributed by atoms with van der Waals surface area (Å²) in [7, 11) is 0. The van der Waals surface area contributed by atoms with Crippen LogP contribution in [0.5, 0.6) is 0 Å². The molecule has 4 nitrogen and oxygen atoms in total. The van der Waals surface area contributed by atoms with Gasteiger partial charge in [-0.2, -0.15) is 0 Å². The van der Waals surface area contributed by atoms with Crippen LogP contribution < -0.4 is 5.32 Å². The molecule has 0 bridgehead atoms. The van der Waals surface area contributed by atoms with E-state index in [1.807, 2.05) is 42.5 Å². The van der Waals surface area contributed by atoms with Crippen molar-refractivity contribution in [3.63, 3.8) is 0 Å². The van der Waals surface area contributed by atoms with Gasteiger partial charge in [0.1, 0.15) is 5.82 Å². The summed E-state index contributed by atoms with van der Waals surface area (Å²) in [6.07, 6.45) is -0.151. The van der Waals surface area contributed by atoms with Gasteiger partial charge in [0.05, 0.1) is 19.3 Å². The van der Waals surface area contributed by atoms with Crippen LogP contribution in [0.3, 0.4) is 0 Å². The average molecular weight is 390 g/mol. The van der Waals surface area contributed by atoms with Crippen LogP contribution in [-0.4, -0.2) is 37.0 Å². The van der Waals surface area contributed by atoms with Gasteiger partial charge in [-0.25, -0.2) is 4.39 Å². The molecular weight excluding hydrogens is 367 g/mol. The molecule has 1 fully saturated rings. The van der Waals surface area contributed by atoms with Crippen molar-refractivity contribution in [1.82, 2.24) is 4.90 Å². The third-order valence-corrected chi connectivity index (χ3v) is 5.04. The van der Waals surface area contributed by atoms with E-state index in [1.165, 1.54) is 12.1 Å². The molecule has 1 heterocycles. The van der Waals surface area contributed by atoms with Crippen molar-refractivity contribution in [3.8, 4) is 11.1 Å². The first-order chi connectivity index (χ1) is 14.2. The lowest BCUT2D eigenvalue weighted by molar-refractivity contribution is -0.119. The molecule has 0 aromatic heterocycles. The Hall–Kier alpha value is -3.02. The van der Waals surface area contributed by atoms with E-state index in [4.69, 9.17) is 4.74 Å². The Kier molecular flexibility index (Phi) is 5.98. The molecule has 0 unspecified atom stereocenters. The molecule has 1 amide bonds. The summed E-state index contributed by atoms with van der Waals surface area (Å²) < 4.78 is 18.9. The first-order valence-electron chi connectivity index (χ1n) is 9.72. The van der Waals surface area contributed by atoms with Crippen LogP contribution in [0.1, 0.15) is 11.7 Å². The van der Waals surface area contributed by atoms with Gasteiger partial charge in [-0.05, 0) is 41.0 Å². The lowest BCUT2D eigenvalue weighted by Gasteiger charge is -2.32. The van der Waals surface area contributed by atoms with Crippen LogP contribution in [0.2, 0.25) is 0 Å². The summed E-state index contributed by atoms with van der Waals surface area (Å²) in [5.41, 5.74) is 3.95. The Bertz CT molecular complexity index is 943. The number of carbonyl (C=O) groups excluding carboxylic acids is 1. The average Bonchev–Trinajstić information content (AvgIpc) is 2.75. The number of hydrogen-bond acceptors (Lipinski definition) is 3. The van der Waals surface area contributed by atoms with Gasteiger partial charge in [0.25, 0.3) is 0 Å². The number of hydrogen-bond donors (Lipinski definition) is 1. The first kappa shape index (κ1) is 19.3. The zero-order chi connectivity index (χ0) is 20.1. The van der Waals surface area contributed by atoms with Gasteiger partial charge in [0.2, 0.25) is 5.91 Å². The summed E-state index contributed by atoms with van der Waals surface area (Å²) in [5, 5.41) is 2.96. The van der Waals surface area contributed by atoms with Crippen molar-refractivity contribution in [1.29, 1.82) is 0 Å². The van der Waals surface area contributed by atoms with Crippen LogP contribution in [-0.2, 0) is 9.53 Å². The minimum atomic E-state index is -0.265. The molecule has 0 saturated carbocycles. The Balaban J connectivity index is 1.32. The highest BCUT2D eigenvalue weighted by molar-refractivity contribution is 5.92. The largest absolute Gasteiger partial charge is 0.371 e. The molecule has 148 valence electrons. The number of anilines is 1. The third kappa shape index (κ3) is 5.08. The van der Waals surface area contributed by atoms with E-state index in [-0.39, 0.29) is 17.8 Å². The van der Waals surface area contributed by atoms with Crippen molar-refractivity contribution in [2.45, 2.75) is 6.10 Å². The normalized spacial score (nSPS) is 17.1. The Morgan fingerprint density at radius 1 is 0.966 bits per heavy atom. The minimum Gasteiger partial charge on any atom is -0.371 e. The van der Waals surface area contributed by atoms with Crippen LogP contribution in [0.15, 0.2) is 78.9 Å². The second-order valence-electron chi connectivity index (χ2n) is 7.14. The number of benzene rings is 3. The summed E-state index contributed by atoms with van der Waals surface area (Å²) in [5.74, 6) is -0.323. The topological polar surface area (TPSA) is 41.6 Å². The van der Waals surface area contributed by atoms with Crippen molar-refractivity contribution in [3.05, 3.63) is 90.2 Å². The number of ether oxygens (including phenoxy) is 1. The van der Waals surface area contributed by atoms with Gasteiger partial charge < -0.3 is 10.1 Å². The first-order valence-corrected chi connectivity index (χ1v) is 9.72. The highest BCUT2D eigenvalue weighted by Crippen LogP contribution is 2.23. The van der Waals surface area contributed by atoms with Crippen LogP contribution in [0, 0.1) is 5.82 Å². The Morgan fingerprint density at radius 3 is 2.38 bits per heavy atom. The zero-order valence-corrected chi connectivity index (χ0v) is 16.1. The maximum absolute atomic E-state index is 13.1. The molecule has 4 rings (SSSR count). The minimum absolute atomic E-state index is 0.0581. The monoisotopic (exact) mass is 390 g/mol. The number of carbonyl (C=O) groups is 1. The molecule has 1 atom stereocenters. The van der Waals surface area contributed by atoms with E-state index in [0.29, 0.717) is 26.2 Å². The maximum Gasteiger partial charge on any atom is 0.238 e. The van der Waals surface area contributed by atoms with Crippen molar-refractivity contribution in [2.24, 2.45) is 0 Å². The van der Waals surface area contributed by atoms with E-state index in [1.54, 1.807) is 12.1 Å². The third-order valence-electron chi connectivity index (χ3n) is 5.04. The molecule has 1 aliphatic heterocycles. The van der Waals surface area contributed by atoms with Gasteiger partial charge >= 0.3 is 0 Å². The smallest absolute Gasteiger partial charge is 0.238 e. The molecule has 0 radical (unpaired) electrons. The maximum atomic E-state index is 13.1. The highest BCUT2D eigenvalue weighted by Gasteiger charge is 2.23. The second kappa shape index (κ2) is 8.99. The second-order valence-corrected chi connectivity index (χ2v) is 7.14. The molecule has 3 aromatic rings. The Labute approximate surface area is 169 Å². The highest BCUT2D eigenvalue weighted by atomic mass is 19.1. The predicted molar refractivity (Wildman–Crippen MR) is 112 cm³/mol. The SMILES string of the molecule is O=C(CN1CCO[C@@H](c2ccc(F)cc2)C1)Nc1ccc(-c2ccccc2)cc1. The van der Waals surface area contributed by atoms with Gasteiger partial charge in [0.15, 0.2) is 0 Å². The predicted octanol–water partition coefficient (Wildman–Crippen LogP) is 4.50. The van der Waals surface area contributed by atoms with E-state index in [2.05, 4.69) is 22.3 Å². The van der Waals surface area contributed by atoms with Gasteiger partial charge in [-0.1, -0.05) is 54.6 Å². The molecule has 0 aliphatic carbocycles. The lowest BCUT2D eigenvalue weighted by atomic mass is 10.1. The number of morpholine rings is 1. The fourth-order valence-electron chi connectivity index (χ4n) is 3.51. The summed E-state index contributed by atoms with van der Waals surface area (Å²) in [6, 6.07) is 24.3. The van der Waals surface area contributed by atoms with Crippen molar-refractivity contribution >= 4 is 11.6 Å². The van der Waals surface area contributed by atoms with E-state index in [9.17, 15) is 9.18 Å².